The number of fused-ring (bicyclic) bond motifs is 1. The fourth-order valence-electron chi connectivity index (χ4n) is 2.09. The summed E-state index contributed by atoms with van der Waals surface area (Å²) < 4.78 is 26.9. The molecule has 2 aromatic rings. The Bertz CT molecular complexity index is 625. The lowest BCUT2D eigenvalue weighted by Crippen LogP contribution is -2.36. The second-order valence-corrected chi connectivity index (χ2v) is 6.00. The van der Waals surface area contributed by atoms with Gasteiger partial charge in [-0.25, -0.2) is 18.1 Å². The van der Waals surface area contributed by atoms with Crippen LogP contribution < -0.4 is 10.0 Å². The SMILES string of the molecule is O=S(=O)(NC1CCNC1)c1nc2ccccc2[nH]1. The van der Waals surface area contributed by atoms with Gasteiger partial charge in [0.2, 0.25) is 5.16 Å². The van der Waals surface area contributed by atoms with E-state index in [2.05, 4.69) is 20.0 Å². The summed E-state index contributed by atoms with van der Waals surface area (Å²) in [5, 5.41) is 3.10. The van der Waals surface area contributed by atoms with Gasteiger partial charge >= 0.3 is 0 Å². The van der Waals surface area contributed by atoms with Crippen molar-refractivity contribution in [2.45, 2.75) is 17.6 Å². The quantitative estimate of drug-likeness (QED) is 0.741. The van der Waals surface area contributed by atoms with Crippen molar-refractivity contribution in [2.75, 3.05) is 13.1 Å². The van der Waals surface area contributed by atoms with E-state index in [1.54, 1.807) is 12.1 Å². The second-order valence-electron chi connectivity index (χ2n) is 4.37. The van der Waals surface area contributed by atoms with Crippen LogP contribution in [0.15, 0.2) is 29.4 Å². The molecule has 0 spiro atoms. The summed E-state index contributed by atoms with van der Waals surface area (Å²) in [6.45, 7) is 1.51. The maximum absolute atomic E-state index is 12.1. The van der Waals surface area contributed by atoms with Crippen LogP contribution in [0.1, 0.15) is 6.42 Å². The zero-order valence-corrected chi connectivity index (χ0v) is 10.5. The Hall–Kier alpha value is -1.44. The van der Waals surface area contributed by atoms with Crippen LogP contribution in [0.2, 0.25) is 0 Å². The molecule has 1 aromatic carbocycles. The zero-order chi connectivity index (χ0) is 12.6. The molecule has 0 aliphatic carbocycles. The molecule has 0 radical (unpaired) electrons. The predicted octanol–water partition coefficient (Wildman–Crippen LogP) is 0.203. The van der Waals surface area contributed by atoms with Crippen molar-refractivity contribution in [3.05, 3.63) is 24.3 Å². The highest BCUT2D eigenvalue weighted by molar-refractivity contribution is 7.89. The second kappa shape index (κ2) is 4.34. The van der Waals surface area contributed by atoms with Crippen LogP contribution in [0.25, 0.3) is 11.0 Å². The lowest BCUT2D eigenvalue weighted by atomic mass is 10.3. The number of para-hydroxylation sites is 2. The van der Waals surface area contributed by atoms with Crippen LogP contribution in [0.3, 0.4) is 0 Å². The molecule has 1 aliphatic rings. The van der Waals surface area contributed by atoms with E-state index >= 15 is 0 Å². The molecule has 1 aliphatic heterocycles. The van der Waals surface area contributed by atoms with Gasteiger partial charge in [0.25, 0.3) is 10.0 Å². The third kappa shape index (κ3) is 2.12. The van der Waals surface area contributed by atoms with Gasteiger partial charge in [-0.1, -0.05) is 12.1 Å². The van der Waals surface area contributed by atoms with Gasteiger partial charge in [0.1, 0.15) is 0 Å². The van der Waals surface area contributed by atoms with Crippen LogP contribution in [0.4, 0.5) is 0 Å². The number of sulfonamides is 1. The topological polar surface area (TPSA) is 86.9 Å². The Balaban J connectivity index is 1.92. The number of nitrogens with one attached hydrogen (secondary N) is 3. The van der Waals surface area contributed by atoms with Crippen LogP contribution in [0.5, 0.6) is 0 Å². The molecule has 6 nitrogen and oxygen atoms in total. The maximum atomic E-state index is 12.1. The van der Waals surface area contributed by atoms with Crippen molar-refractivity contribution in [3.63, 3.8) is 0 Å². The van der Waals surface area contributed by atoms with Gasteiger partial charge in [-0.15, -0.1) is 0 Å². The molecule has 7 heteroatoms. The number of benzene rings is 1. The highest BCUT2D eigenvalue weighted by atomic mass is 32.2. The van der Waals surface area contributed by atoms with Gasteiger partial charge in [-0.2, -0.15) is 0 Å². The Morgan fingerprint density at radius 3 is 2.89 bits per heavy atom. The van der Waals surface area contributed by atoms with E-state index in [1.807, 2.05) is 12.1 Å². The van der Waals surface area contributed by atoms with E-state index in [0.717, 1.165) is 18.5 Å². The van der Waals surface area contributed by atoms with Crippen LogP contribution in [0, 0.1) is 0 Å². The normalized spacial score (nSPS) is 20.6. The summed E-state index contributed by atoms with van der Waals surface area (Å²) in [6.07, 6.45) is 0.805. The first kappa shape index (κ1) is 11.6. The summed E-state index contributed by atoms with van der Waals surface area (Å²) >= 11 is 0. The average Bonchev–Trinajstić information content (AvgIpc) is 2.96. The van der Waals surface area contributed by atoms with Crippen molar-refractivity contribution in [1.29, 1.82) is 0 Å². The minimum atomic E-state index is -3.56. The maximum Gasteiger partial charge on any atom is 0.274 e. The van der Waals surface area contributed by atoms with Crippen molar-refractivity contribution in [2.24, 2.45) is 0 Å². The molecule has 1 aromatic heterocycles. The highest BCUT2D eigenvalue weighted by Crippen LogP contribution is 2.14. The van der Waals surface area contributed by atoms with Crippen LogP contribution in [-0.2, 0) is 10.0 Å². The smallest absolute Gasteiger partial charge is 0.274 e. The van der Waals surface area contributed by atoms with Gasteiger partial charge in [0, 0.05) is 12.6 Å². The summed E-state index contributed by atoms with van der Waals surface area (Å²) in [5.41, 5.74) is 1.38. The number of H-pyrrole nitrogens is 1. The Morgan fingerprint density at radius 1 is 1.33 bits per heavy atom. The average molecular weight is 266 g/mol. The molecule has 3 N–H and O–H groups in total. The van der Waals surface area contributed by atoms with E-state index in [1.165, 1.54) is 0 Å². The molecule has 18 heavy (non-hydrogen) atoms. The highest BCUT2D eigenvalue weighted by Gasteiger charge is 2.25. The first-order chi connectivity index (χ1) is 8.65. The number of imidazole rings is 1. The molecule has 0 saturated carbocycles. The summed E-state index contributed by atoms with van der Waals surface area (Å²) in [5.74, 6) is 0. The van der Waals surface area contributed by atoms with E-state index in [9.17, 15) is 8.42 Å². The molecule has 1 atom stereocenters. The first-order valence-corrected chi connectivity index (χ1v) is 7.31. The molecule has 2 heterocycles. The molecule has 1 fully saturated rings. The molecule has 0 bridgehead atoms. The van der Waals surface area contributed by atoms with Crippen molar-refractivity contribution >= 4 is 21.1 Å². The Kier molecular flexibility index (Phi) is 2.81. The van der Waals surface area contributed by atoms with E-state index in [-0.39, 0.29) is 11.2 Å². The van der Waals surface area contributed by atoms with Crippen molar-refractivity contribution < 1.29 is 8.42 Å². The summed E-state index contributed by atoms with van der Waals surface area (Å²) in [7, 11) is -3.56. The number of aromatic nitrogens is 2. The lowest BCUT2D eigenvalue weighted by Gasteiger charge is -2.09. The number of nitrogens with zero attached hydrogens (tertiary/aromatic N) is 1. The van der Waals surface area contributed by atoms with Gasteiger partial charge in [-0.05, 0) is 25.1 Å². The van der Waals surface area contributed by atoms with Crippen LogP contribution >= 0.6 is 0 Å². The van der Waals surface area contributed by atoms with Gasteiger partial charge in [0.15, 0.2) is 0 Å². The zero-order valence-electron chi connectivity index (χ0n) is 9.68. The molecule has 0 amide bonds. The molecular weight excluding hydrogens is 252 g/mol. The molecular formula is C11H14N4O2S. The fraction of sp³-hybridized carbons (Fsp3) is 0.364. The number of hydrogen-bond acceptors (Lipinski definition) is 4. The number of hydrogen-bond donors (Lipinski definition) is 3. The van der Waals surface area contributed by atoms with Gasteiger partial charge in [-0.3, -0.25) is 0 Å². The summed E-state index contributed by atoms with van der Waals surface area (Å²) in [4.78, 5) is 6.93. The summed E-state index contributed by atoms with van der Waals surface area (Å²) in [6, 6.07) is 7.20. The number of rotatable bonds is 3. The van der Waals surface area contributed by atoms with Crippen molar-refractivity contribution in [1.82, 2.24) is 20.0 Å². The van der Waals surface area contributed by atoms with Gasteiger partial charge < -0.3 is 10.3 Å². The van der Waals surface area contributed by atoms with Crippen LogP contribution in [-0.4, -0.2) is 37.5 Å². The standard InChI is InChI=1S/C11H14N4O2S/c16-18(17,15-8-5-6-12-7-8)11-13-9-3-1-2-4-10(9)14-11/h1-4,8,12,15H,5-7H2,(H,13,14). The van der Waals surface area contributed by atoms with E-state index in [4.69, 9.17) is 0 Å². The molecule has 96 valence electrons. The van der Waals surface area contributed by atoms with Gasteiger partial charge in [0.05, 0.1) is 11.0 Å². The monoisotopic (exact) mass is 266 g/mol. The minimum absolute atomic E-state index is 0.0180. The molecule has 1 unspecified atom stereocenters. The Morgan fingerprint density at radius 2 is 2.17 bits per heavy atom. The molecule has 3 rings (SSSR count). The minimum Gasteiger partial charge on any atom is -0.328 e. The van der Waals surface area contributed by atoms with E-state index in [0.29, 0.717) is 12.1 Å². The Labute approximate surface area is 105 Å². The third-order valence-electron chi connectivity index (χ3n) is 3.00. The fourth-order valence-corrected chi connectivity index (χ4v) is 3.30. The lowest BCUT2D eigenvalue weighted by molar-refractivity contribution is 0.553. The number of aromatic amines is 1. The van der Waals surface area contributed by atoms with E-state index < -0.39 is 10.0 Å². The molecule has 1 saturated heterocycles. The first-order valence-electron chi connectivity index (χ1n) is 5.83. The predicted molar refractivity (Wildman–Crippen MR) is 67.7 cm³/mol. The largest absolute Gasteiger partial charge is 0.328 e. The third-order valence-corrected chi connectivity index (χ3v) is 4.35. The van der Waals surface area contributed by atoms with Crippen molar-refractivity contribution in [3.8, 4) is 0 Å².